The lowest BCUT2D eigenvalue weighted by atomic mass is 10.0. The number of likely N-dealkylation sites (tertiary alicyclic amines) is 1. The average molecular weight is 450 g/mol. The molecule has 9 nitrogen and oxygen atoms in total. The first-order chi connectivity index (χ1) is 14.8. The molecule has 2 N–H and O–H groups in total. The summed E-state index contributed by atoms with van der Waals surface area (Å²) < 4.78 is 16.1. The number of hydrogen-bond acceptors (Lipinski definition) is 6. The third kappa shape index (κ3) is 9.45. The summed E-state index contributed by atoms with van der Waals surface area (Å²) in [4.78, 5) is 38.7. The van der Waals surface area contributed by atoms with E-state index in [1.165, 1.54) is 4.90 Å². The van der Waals surface area contributed by atoms with E-state index in [9.17, 15) is 14.4 Å². The molecular weight excluding hydrogens is 414 g/mol. The van der Waals surface area contributed by atoms with E-state index >= 15 is 0 Å². The molecule has 32 heavy (non-hydrogen) atoms. The summed E-state index contributed by atoms with van der Waals surface area (Å²) in [6.07, 6.45) is -1.28. The summed E-state index contributed by atoms with van der Waals surface area (Å²) in [5.41, 5.74) is -0.438. The number of carbonyl (C=O) groups excluding carboxylic acids is 3. The molecule has 0 radical (unpaired) electrons. The fourth-order valence-corrected chi connectivity index (χ4v) is 3.22. The van der Waals surface area contributed by atoms with Crippen molar-refractivity contribution in [3.05, 3.63) is 35.9 Å². The minimum Gasteiger partial charge on any atom is -0.445 e. The fraction of sp³-hybridized carbons (Fsp3) is 0.609. The van der Waals surface area contributed by atoms with E-state index in [1.807, 2.05) is 30.3 Å². The molecule has 1 fully saturated rings. The van der Waals surface area contributed by atoms with Crippen LogP contribution in [0.4, 0.5) is 14.4 Å². The predicted octanol–water partition coefficient (Wildman–Crippen LogP) is 3.82. The van der Waals surface area contributed by atoms with Crippen LogP contribution in [0.5, 0.6) is 0 Å². The second kappa shape index (κ2) is 10.6. The molecule has 1 aromatic carbocycles. The Kier molecular flexibility index (Phi) is 8.35. The van der Waals surface area contributed by atoms with Crippen LogP contribution in [-0.4, -0.2) is 59.6 Å². The van der Waals surface area contributed by atoms with E-state index in [0.29, 0.717) is 6.42 Å². The van der Waals surface area contributed by atoms with E-state index in [4.69, 9.17) is 14.2 Å². The van der Waals surface area contributed by atoms with Gasteiger partial charge in [0.15, 0.2) is 0 Å². The molecule has 1 saturated heterocycles. The van der Waals surface area contributed by atoms with Gasteiger partial charge in [0.25, 0.3) is 0 Å². The van der Waals surface area contributed by atoms with Gasteiger partial charge in [-0.1, -0.05) is 30.3 Å². The van der Waals surface area contributed by atoms with Gasteiger partial charge in [-0.2, -0.15) is 0 Å². The molecule has 0 aromatic heterocycles. The highest BCUT2D eigenvalue weighted by atomic mass is 16.6. The van der Waals surface area contributed by atoms with Gasteiger partial charge in [-0.25, -0.2) is 14.4 Å². The molecule has 1 aromatic rings. The largest absolute Gasteiger partial charge is 0.445 e. The van der Waals surface area contributed by atoms with E-state index in [1.54, 1.807) is 41.5 Å². The van der Waals surface area contributed by atoms with Crippen LogP contribution in [0.2, 0.25) is 0 Å². The molecule has 0 spiro atoms. The van der Waals surface area contributed by atoms with Crippen molar-refractivity contribution in [2.45, 2.75) is 77.9 Å². The van der Waals surface area contributed by atoms with Crippen molar-refractivity contribution in [2.24, 2.45) is 0 Å². The molecule has 0 bridgehead atoms. The van der Waals surface area contributed by atoms with Crippen molar-refractivity contribution in [1.82, 2.24) is 15.5 Å². The first-order valence-electron chi connectivity index (χ1n) is 10.8. The van der Waals surface area contributed by atoms with Crippen LogP contribution in [-0.2, 0) is 20.8 Å². The highest BCUT2D eigenvalue weighted by molar-refractivity contribution is 5.71. The maximum absolute atomic E-state index is 12.7. The van der Waals surface area contributed by atoms with Crippen LogP contribution >= 0.6 is 0 Å². The van der Waals surface area contributed by atoms with Gasteiger partial charge < -0.3 is 29.7 Å². The van der Waals surface area contributed by atoms with Gasteiger partial charge in [0.05, 0.1) is 12.1 Å². The van der Waals surface area contributed by atoms with Crippen LogP contribution in [0.3, 0.4) is 0 Å². The standard InChI is InChI=1S/C23H35N3O6/c1-22(2,3)31-19(27)24-17-12-18(25-20(28)32-23(4,5)6)14-26(13-17)21(29)30-15-16-10-8-7-9-11-16/h7-11,17-18H,12-15H2,1-6H3,(H,24,27)(H,25,28). The van der Waals surface area contributed by atoms with Crippen LogP contribution in [0.25, 0.3) is 0 Å². The van der Waals surface area contributed by atoms with Gasteiger partial charge in [-0.15, -0.1) is 0 Å². The summed E-state index contributed by atoms with van der Waals surface area (Å²) in [6, 6.07) is 8.49. The number of piperidine rings is 1. The average Bonchev–Trinajstić information content (AvgIpc) is 2.63. The number of benzene rings is 1. The van der Waals surface area contributed by atoms with Gasteiger partial charge in [0.1, 0.15) is 17.8 Å². The molecule has 2 rings (SSSR count). The maximum atomic E-state index is 12.7. The highest BCUT2D eigenvalue weighted by Gasteiger charge is 2.34. The quantitative estimate of drug-likeness (QED) is 0.677. The lowest BCUT2D eigenvalue weighted by molar-refractivity contribution is 0.0375. The Hall–Kier alpha value is -2.97. The molecule has 3 amide bonds. The third-order valence-corrected chi connectivity index (χ3v) is 4.36. The second-order valence-electron chi connectivity index (χ2n) is 9.87. The normalized spacial score (nSPS) is 19.0. The summed E-state index contributed by atoms with van der Waals surface area (Å²) >= 11 is 0. The second-order valence-corrected chi connectivity index (χ2v) is 9.87. The molecule has 2 atom stereocenters. The number of rotatable bonds is 4. The minimum atomic E-state index is -0.652. The number of alkyl carbamates (subject to hydrolysis) is 2. The molecule has 178 valence electrons. The number of carbonyl (C=O) groups is 3. The van der Waals surface area contributed by atoms with E-state index in [2.05, 4.69) is 10.6 Å². The van der Waals surface area contributed by atoms with Gasteiger partial charge in [0.2, 0.25) is 0 Å². The Morgan fingerprint density at radius 2 is 1.34 bits per heavy atom. The van der Waals surface area contributed by atoms with Crippen LogP contribution in [0.1, 0.15) is 53.5 Å². The number of nitrogens with zero attached hydrogens (tertiary/aromatic N) is 1. The van der Waals surface area contributed by atoms with Gasteiger partial charge in [0, 0.05) is 13.1 Å². The Morgan fingerprint density at radius 3 is 1.78 bits per heavy atom. The Morgan fingerprint density at radius 1 is 0.875 bits per heavy atom. The highest BCUT2D eigenvalue weighted by Crippen LogP contribution is 2.16. The molecule has 0 aliphatic carbocycles. The summed E-state index contributed by atoms with van der Waals surface area (Å²) in [6.45, 7) is 11.2. The first kappa shape index (κ1) is 25.3. The number of amides is 3. The lowest BCUT2D eigenvalue weighted by Gasteiger charge is -2.38. The zero-order chi connectivity index (χ0) is 23.9. The van der Waals surface area contributed by atoms with Gasteiger partial charge >= 0.3 is 18.3 Å². The number of hydrogen-bond donors (Lipinski definition) is 2. The summed E-state index contributed by atoms with van der Waals surface area (Å²) in [5.74, 6) is 0. The maximum Gasteiger partial charge on any atom is 0.410 e. The van der Waals surface area contributed by atoms with Crippen LogP contribution in [0.15, 0.2) is 30.3 Å². The van der Waals surface area contributed by atoms with Crippen molar-refractivity contribution < 1.29 is 28.6 Å². The molecule has 1 aliphatic heterocycles. The molecule has 1 aliphatic rings. The first-order valence-corrected chi connectivity index (χ1v) is 10.8. The van der Waals surface area contributed by atoms with E-state index in [0.717, 1.165) is 5.56 Å². The topological polar surface area (TPSA) is 106 Å². The van der Waals surface area contributed by atoms with Crippen molar-refractivity contribution in [2.75, 3.05) is 13.1 Å². The van der Waals surface area contributed by atoms with Crippen LogP contribution < -0.4 is 10.6 Å². The van der Waals surface area contributed by atoms with Crippen molar-refractivity contribution in [1.29, 1.82) is 0 Å². The monoisotopic (exact) mass is 449 g/mol. The predicted molar refractivity (Wildman–Crippen MR) is 119 cm³/mol. The molecule has 2 unspecified atom stereocenters. The smallest absolute Gasteiger partial charge is 0.410 e. The Labute approximate surface area is 189 Å². The molecular formula is C23H35N3O6. The summed E-state index contributed by atoms with van der Waals surface area (Å²) in [5, 5.41) is 5.57. The molecule has 0 saturated carbocycles. The minimum absolute atomic E-state index is 0.129. The Balaban J connectivity index is 2.03. The van der Waals surface area contributed by atoms with E-state index in [-0.39, 0.29) is 19.7 Å². The van der Waals surface area contributed by atoms with Gasteiger partial charge in [-0.05, 0) is 53.5 Å². The van der Waals surface area contributed by atoms with Crippen molar-refractivity contribution in [3.8, 4) is 0 Å². The van der Waals surface area contributed by atoms with Gasteiger partial charge in [-0.3, -0.25) is 0 Å². The Bertz CT molecular complexity index is 747. The lowest BCUT2D eigenvalue weighted by Crippen LogP contribution is -2.59. The van der Waals surface area contributed by atoms with Crippen molar-refractivity contribution >= 4 is 18.3 Å². The molecule has 1 heterocycles. The summed E-state index contributed by atoms with van der Waals surface area (Å²) in [7, 11) is 0. The van der Waals surface area contributed by atoms with Crippen molar-refractivity contribution in [3.63, 3.8) is 0 Å². The fourth-order valence-electron chi connectivity index (χ4n) is 3.22. The van der Waals surface area contributed by atoms with E-state index < -0.39 is 41.6 Å². The zero-order valence-electron chi connectivity index (χ0n) is 19.8. The SMILES string of the molecule is CC(C)(C)OC(=O)NC1CC(NC(=O)OC(C)(C)C)CN(C(=O)OCc2ccccc2)C1. The number of ether oxygens (including phenoxy) is 3. The number of nitrogens with one attached hydrogen (secondary N) is 2. The molecule has 9 heteroatoms. The third-order valence-electron chi connectivity index (χ3n) is 4.36. The van der Waals surface area contributed by atoms with Crippen LogP contribution in [0, 0.1) is 0 Å². The zero-order valence-corrected chi connectivity index (χ0v) is 19.8.